The summed E-state index contributed by atoms with van der Waals surface area (Å²) in [6, 6.07) is 3.85. The average Bonchev–Trinajstić information content (AvgIpc) is 2.90. The zero-order valence-corrected chi connectivity index (χ0v) is 11.8. The Morgan fingerprint density at radius 3 is 2.89 bits per heavy atom. The number of rotatable bonds is 8. The summed E-state index contributed by atoms with van der Waals surface area (Å²) in [5.74, 6) is 5.62. The summed E-state index contributed by atoms with van der Waals surface area (Å²) < 4.78 is 10.6. The van der Waals surface area contributed by atoms with Gasteiger partial charge in [-0.15, -0.1) is 0 Å². The zero-order valence-electron chi connectivity index (χ0n) is 11.8. The number of nitrogens with zero attached hydrogens (tertiary/aromatic N) is 1. The topological polar surface area (TPSA) is 80.7 Å². The lowest BCUT2D eigenvalue weighted by atomic mass is 10.2. The van der Waals surface area contributed by atoms with E-state index in [0.29, 0.717) is 19.2 Å². The normalized spacial score (nSPS) is 12.7. The van der Waals surface area contributed by atoms with Crippen LogP contribution < -0.4 is 11.3 Å². The number of methoxy groups -OCH3 is 1. The number of nitrogens with two attached hydrogens (primary N) is 1. The van der Waals surface area contributed by atoms with E-state index in [9.17, 15) is 4.79 Å². The second-order valence-corrected chi connectivity index (χ2v) is 4.46. The van der Waals surface area contributed by atoms with Gasteiger partial charge in [0, 0.05) is 19.7 Å². The van der Waals surface area contributed by atoms with Gasteiger partial charge in [-0.2, -0.15) is 0 Å². The maximum absolute atomic E-state index is 11.3. The van der Waals surface area contributed by atoms with E-state index >= 15 is 0 Å². The molecule has 1 unspecified atom stereocenters. The minimum Gasteiger partial charge on any atom is -0.455 e. The first-order valence-electron chi connectivity index (χ1n) is 6.45. The van der Waals surface area contributed by atoms with Crippen LogP contribution >= 0.6 is 0 Å². The van der Waals surface area contributed by atoms with Gasteiger partial charge in [-0.05, 0) is 25.5 Å². The van der Waals surface area contributed by atoms with Gasteiger partial charge in [-0.1, -0.05) is 6.92 Å². The molecule has 1 aromatic rings. The number of hydrogen-bond donors (Lipinski definition) is 2. The fourth-order valence-corrected chi connectivity index (χ4v) is 1.78. The smallest absolute Gasteiger partial charge is 0.300 e. The van der Waals surface area contributed by atoms with Gasteiger partial charge < -0.3 is 9.15 Å². The molecule has 0 aliphatic heterocycles. The monoisotopic (exact) mass is 269 g/mol. The largest absolute Gasteiger partial charge is 0.455 e. The number of ether oxygens (including phenoxy) is 1. The standard InChI is InChI=1S/C13H23N3O3/c1-4-10(2)16(7-8-18-3)9-11-5-6-12(19-11)13(17)15-14/h5-6,10H,4,7-9,14H2,1-3H3,(H,15,17). The van der Waals surface area contributed by atoms with Gasteiger partial charge in [0.1, 0.15) is 5.76 Å². The van der Waals surface area contributed by atoms with Crippen LogP contribution in [0, 0.1) is 0 Å². The van der Waals surface area contributed by atoms with Crippen molar-refractivity contribution in [3.05, 3.63) is 23.7 Å². The molecule has 0 saturated carbocycles. The highest BCUT2D eigenvalue weighted by Crippen LogP contribution is 2.13. The van der Waals surface area contributed by atoms with Crippen LogP contribution in [0.5, 0.6) is 0 Å². The molecule has 0 spiro atoms. The van der Waals surface area contributed by atoms with Gasteiger partial charge in [0.25, 0.3) is 0 Å². The van der Waals surface area contributed by atoms with Crippen molar-refractivity contribution in [2.24, 2.45) is 5.84 Å². The van der Waals surface area contributed by atoms with Gasteiger partial charge >= 0.3 is 5.91 Å². The van der Waals surface area contributed by atoms with E-state index in [1.807, 2.05) is 5.43 Å². The lowest BCUT2D eigenvalue weighted by Crippen LogP contribution is -2.34. The second-order valence-electron chi connectivity index (χ2n) is 4.46. The maximum Gasteiger partial charge on any atom is 0.300 e. The lowest BCUT2D eigenvalue weighted by molar-refractivity contribution is 0.0913. The van der Waals surface area contributed by atoms with Crippen molar-refractivity contribution in [3.8, 4) is 0 Å². The van der Waals surface area contributed by atoms with E-state index in [4.69, 9.17) is 15.0 Å². The molecule has 0 aliphatic rings. The van der Waals surface area contributed by atoms with Crippen LogP contribution in [0.15, 0.2) is 16.5 Å². The third-order valence-corrected chi connectivity index (χ3v) is 3.17. The minimum absolute atomic E-state index is 0.230. The van der Waals surface area contributed by atoms with Crippen molar-refractivity contribution in [1.82, 2.24) is 10.3 Å². The Labute approximate surface area is 113 Å². The number of nitrogens with one attached hydrogen (secondary N) is 1. The van der Waals surface area contributed by atoms with Crippen LogP contribution in [0.3, 0.4) is 0 Å². The first kappa shape index (κ1) is 15.7. The molecule has 6 heteroatoms. The lowest BCUT2D eigenvalue weighted by Gasteiger charge is -2.27. The van der Waals surface area contributed by atoms with Crippen LogP contribution in [0.4, 0.5) is 0 Å². The number of amides is 1. The molecule has 19 heavy (non-hydrogen) atoms. The van der Waals surface area contributed by atoms with Gasteiger partial charge in [0.2, 0.25) is 0 Å². The van der Waals surface area contributed by atoms with E-state index in [1.165, 1.54) is 0 Å². The summed E-state index contributed by atoms with van der Waals surface area (Å²) in [6.07, 6.45) is 1.04. The summed E-state index contributed by atoms with van der Waals surface area (Å²) in [5.41, 5.74) is 2.05. The average molecular weight is 269 g/mol. The number of hydrazine groups is 1. The fourth-order valence-electron chi connectivity index (χ4n) is 1.78. The Kier molecular flexibility index (Phi) is 6.55. The van der Waals surface area contributed by atoms with Gasteiger partial charge in [-0.3, -0.25) is 15.1 Å². The summed E-state index contributed by atoms with van der Waals surface area (Å²) in [5, 5.41) is 0. The van der Waals surface area contributed by atoms with Crippen molar-refractivity contribution >= 4 is 5.91 Å². The van der Waals surface area contributed by atoms with Gasteiger partial charge in [0.05, 0.1) is 13.2 Å². The molecule has 6 nitrogen and oxygen atoms in total. The molecule has 1 amide bonds. The number of carbonyl (C=O) groups excluding carboxylic acids is 1. The molecule has 0 fully saturated rings. The van der Waals surface area contributed by atoms with Crippen molar-refractivity contribution in [2.45, 2.75) is 32.9 Å². The summed E-state index contributed by atoms with van der Waals surface area (Å²) in [4.78, 5) is 13.6. The Balaban J connectivity index is 2.67. The van der Waals surface area contributed by atoms with E-state index in [-0.39, 0.29) is 5.76 Å². The van der Waals surface area contributed by atoms with E-state index in [1.54, 1.807) is 19.2 Å². The highest BCUT2D eigenvalue weighted by atomic mass is 16.5. The zero-order chi connectivity index (χ0) is 14.3. The Hall–Kier alpha value is -1.37. The molecule has 1 aromatic heterocycles. The van der Waals surface area contributed by atoms with Crippen molar-refractivity contribution in [1.29, 1.82) is 0 Å². The molecule has 1 atom stereocenters. The Morgan fingerprint density at radius 2 is 2.32 bits per heavy atom. The third-order valence-electron chi connectivity index (χ3n) is 3.17. The molecule has 0 bridgehead atoms. The predicted molar refractivity (Wildman–Crippen MR) is 72.4 cm³/mol. The quantitative estimate of drug-likeness (QED) is 0.420. The molecule has 0 radical (unpaired) electrons. The van der Waals surface area contributed by atoms with Crippen LogP contribution in [0.2, 0.25) is 0 Å². The number of hydrogen-bond acceptors (Lipinski definition) is 5. The van der Waals surface area contributed by atoms with Crippen LogP contribution in [-0.4, -0.2) is 37.1 Å². The first-order chi connectivity index (χ1) is 9.12. The molecule has 1 heterocycles. The second kappa shape index (κ2) is 7.93. The maximum atomic E-state index is 11.3. The van der Waals surface area contributed by atoms with Crippen molar-refractivity contribution in [3.63, 3.8) is 0 Å². The van der Waals surface area contributed by atoms with Crippen molar-refractivity contribution in [2.75, 3.05) is 20.3 Å². The molecule has 3 N–H and O–H groups in total. The summed E-state index contributed by atoms with van der Waals surface area (Å²) in [7, 11) is 1.69. The Bertz CT molecular complexity index is 392. The number of carbonyl (C=O) groups is 1. The first-order valence-corrected chi connectivity index (χ1v) is 6.45. The van der Waals surface area contributed by atoms with E-state index < -0.39 is 5.91 Å². The molecular formula is C13H23N3O3. The minimum atomic E-state index is -0.418. The molecule has 108 valence electrons. The fraction of sp³-hybridized carbons (Fsp3) is 0.615. The SMILES string of the molecule is CCC(C)N(CCOC)Cc1ccc(C(=O)NN)o1. The van der Waals surface area contributed by atoms with E-state index in [0.717, 1.165) is 18.7 Å². The Morgan fingerprint density at radius 1 is 1.58 bits per heavy atom. The molecule has 0 aliphatic carbocycles. The number of nitrogen functional groups attached to an aromatic ring is 1. The molecular weight excluding hydrogens is 246 g/mol. The molecule has 0 aromatic carbocycles. The predicted octanol–water partition coefficient (Wildman–Crippen LogP) is 1.13. The highest BCUT2D eigenvalue weighted by molar-refractivity contribution is 5.90. The molecule has 0 saturated heterocycles. The van der Waals surface area contributed by atoms with Crippen LogP contribution in [0.1, 0.15) is 36.6 Å². The van der Waals surface area contributed by atoms with Crippen LogP contribution in [0.25, 0.3) is 0 Å². The van der Waals surface area contributed by atoms with Gasteiger partial charge in [-0.25, -0.2) is 5.84 Å². The van der Waals surface area contributed by atoms with E-state index in [2.05, 4.69) is 18.7 Å². The van der Waals surface area contributed by atoms with Crippen molar-refractivity contribution < 1.29 is 13.9 Å². The highest BCUT2D eigenvalue weighted by Gasteiger charge is 2.16. The number of furan rings is 1. The summed E-state index contributed by atoms with van der Waals surface area (Å²) >= 11 is 0. The van der Waals surface area contributed by atoms with Gasteiger partial charge in [0.15, 0.2) is 5.76 Å². The summed E-state index contributed by atoms with van der Waals surface area (Å²) in [6.45, 7) is 6.44. The van der Waals surface area contributed by atoms with Crippen LogP contribution in [-0.2, 0) is 11.3 Å². The third kappa shape index (κ3) is 4.66. The molecule has 1 rings (SSSR count).